The van der Waals surface area contributed by atoms with E-state index in [9.17, 15) is 0 Å². The lowest BCUT2D eigenvalue weighted by Gasteiger charge is -2.04. The van der Waals surface area contributed by atoms with Gasteiger partial charge in [-0.1, -0.05) is 30.0 Å². The minimum absolute atomic E-state index is 0.258. The summed E-state index contributed by atoms with van der Waals surface area (Å²) in [6.45, 7) is 4.72. The summed E-state index contributed by atoms with van der Waals surface area (Å²) in [5.74, 6) is 1.37. The number of thioether (sulfide) groups is 1. The van der Waals surface area contributed by atoms with Gasteiger partial charge in [-0.3, -0.25) is 0 Å². The average molecular weight is 264 g/mol. The van der Waals surface area contributed by atoms with Gasteiger partial charge in [-0.05, 0) is 26.0 Å². The van der Waals surface area contributed by atoms with Crippen molar-refractivity contribution in [3.63, 3.8) is 0 Å². The summed E-state index contributed by atoms with van der Waals surface area (Å²) >= 11 is 1.51. The summed E-state index contributed by atoms with van der Waals surface area (Å²) in [6.07, 6.45) is 0.258. The van der Waals surface area contributed by atoms with E-state index < -0.39 is 0 Å². The van der Waals surface area contributed by atoms with Crippen molar-refractivity contribution in [2.24, 2.45) is 0 Å². The van der Waals surface area contributed by atoms with Gasteiger partial charge < -0.3 is 9.15 Å². The van der Waals surface area contributed by atoms with E-state index in [1.165, 1.54) is 11.8 Å². The zero-order valence-corrected chi connectivity index (χ0v) is 11.3. The van der Waals surface area contributed by atoms with Crippen molar-refractivity contribution in [3.8, 4) is 11.5 Å². The van der Waals surface area contributed by atoms with Crippen molar-refractivity contribution in [3.05, 3.63) is 30.3 Å². The zero-order chi connectivity index (χ0) is 12.8. The van der Waals surface area contributed by atoms with Crippen LogP contribution >= 0.6 is 11.8 Å². The van der Waals surface area contributed by atoms with Crippen LogP contribution in [0.5, 0.6) is 0 Å². The Hall–Kier alpha value is -1.33. The second-order valence-electron chi connectivity index (χ2n) is 4.01. The molecular formula is C13H16N2O2S. The molecule has 4 nitrogen and oxygen atoms in total. The van der Waals surface area contributed by atoms with Crippen LogP contribution in [0.25, 0.3) is 11.5 Å². The number of rotatable bonds is 6. The Morgan fingerprint density at radius 1 is 1.22 bits per heavy atom. The second-order valence-corrected chi connectivity index (χ2v) is 5.05. The highest BCUT2D eigenvalue weighted by molar-refractivity contribution is 7.99. The van der Waals surface area contributed by atoms with Gasteiger partial charge in [0.25, 0.3) is 5.22 Å². The number of hydrogen-bond donors (Lipinski definition) is 0. The predicted octanol–water partition coefficient (Wildman–Crippen LogP) is 3.25. The number of ether oxygens (including phenoxy) is 1. The summed E-state index contributed by atoms with van der Waals surface area (Å²) in [5.41, 5.74) is 0.940. The first-order chi connectivity index (χ1) is 8.75. The smallest absolute Gasteiger partial charge is 0.276 e. The second kappa shape index (κ2) is 6.56. The van der Waals surface area contributed by atoms with Gasteiger partial charge in [0.15, 0.2) is 0 Å². The van der Waals surface area contributed by atoms with E-state index in [2.05, 4.69) is 10.2 Å². The molecule has 0 aliphatic carbocycles. The SMILES string of the molecule is CC(C)OCCSc1nnc(-c2ccccc2)o1. The van der Waals surface area contributed by atoms with E-state index in [4.69, 9.17) is 9.15 Å². The molecule has 2 aromatic rings. The average Bonchev–Trinajstić information content (AvgIpc) is 2.84. The van der Waals surface area contributed by atoms with E-state index in [0.717, 1.165) is 11.3 Å². The fourth-order valence-electron chi connectivity index (χ4n) is 1.38. The van der Waals surface area contributed by atoms with E-state index in [0.29, 0.717) is 17.7 Å². The van der Waals surface area contributed by atoms with Crippen molar-refractivity contribution in [1.82, 2.24) is 10.2 Å². The summed E-state index contributed by atoms with van der Waals surface area (Å²) in [5, 5.41) is 8.61. The lowest BCUT2D eigenvalue weighted by atomic mass is 10.2. The molecule has 96 valence electrons. The van der Waals surface area contributed by atoms with Crippen LogP contribution in [0, 0.1) is 0 Å². The molecule has 0 atom stereocenters. The van der Waals surface area contributed by atoms with Gasteiger partial charge in [-0.2, -0.15) is 0 Å². The molecule has 1 aromatic heterocycles. The highest BCUT2D eigenvalue weighted by Crippen LogP contribution is 2.22. The van der Waals surface area contributed by atoms with Gasteiger partial charge >= 0.3 is 0 Å². The Kier molecular flexibility index (Phi) is 4.78. The fourth-order valence-corrected chi connectivity index (χ4v) is 1.97. The van der Waals surface area contributed by atoms with Crippen LogP contribution in [0.4, 0.5) is 0 Å². The van der Waals surface area contributed by atoms with Crippen LogP contribution in [0.15, 0.2) is 40.0 Å². The van der Waals surface area contributed by atoms with E-state index >= 15 is 0 Å². The van der Waals surface area contributed by atoms with Crippen LogP contribution in [0.1, 0.15) is 13.8 Å². The first-order valence-corrected chi connectivity index (χ1v) is 6.87. The first kappa shape index (κ1) is 13.1. The number of nitrogens with zero attached hydrogens (tertiary/aromatic N) is 2. The van der Waals surface area contributed by atoms with Crippen LogP contribution in [-0.4, -0.2) is 28.7 Å². The van der Waals surface area contributed by atoms with Crippen molar-refractivity contribution >= 4 is 11.8 Å². The van der Waals surface area contributed by atoms with Gasteiger partial charge in [-0.15, -0.1) is 10.2 Å². The Morgan fingerprint density at radius 3 is 2.72 bits per heavy atom. The molecule has 0 saturated carbocycles. The molecule has 18 heavy (non-hydrogen) atoms. The molecule has 0 spiro atoms. The monoisotopic (exact) mass is 264 g/mol. The maximum absolute atomic E-state index is 5.56. The minimum Gasteiger partial charge on any atom is -0.411 e. The maximum Gasteiger partial charge on any atom is 0.276 e. The topological polar surface area (TPSA) is 48.2 Å². The molecule has 0 aliphatic heterocycles. The molecule has 0 N–H and O–H groups in total. The van der Waals surface area contributed by atoms with Gasteiger partial charge in [0.1, 0.15) is 0 Å². The van der Waals surface area contributed by atoms with Gasteiger partial charge in [0, 0.05) is 11.3 Å². The predicted molar refractivity (Wildman–Crippen MR) is 71.5 cm³/mol. The quantitative estimate of drug-likeness (QED) is 0.592. The summed E-state index contributed by atoms with van der Waals surface area (Å²) in [4.78, 5) is 0. The molecule has 1 aromatic carbocycles. The highest BCUT2D eigenvalue weighted by Gasteiger charge is 2.08. The summed E-state index contributed by atoms with van der Waals surface area (Å²) in [6, 6.07) is 9.75. The van der Waals surface area contributed by atoms with E-state index in [1.54, 1.807) is 0 Å². The third kappa shape index (κ3) is 3.85. The Bertz CT molecular complexity index is 471. The summed E-state index contributed by atoms with van der Waals surface area (Å²) < 4.78 is 11.0. The molecule has 0 fully saturated rings. The van der Waals surface area contributed by atoms with Crippen molar-refractivity contribution < 1.29 is 9.15 Å². The molecule has 1 heterocycles. The summed E-state index contributed by atoms with van der Waals surface area (Å²) in [7, 11) is 0. The molecule has 5 heteroatoms. The third-order valence-corrected chi connectivity index (χ3v) is 2.97. The molecule has 0 bridgehead atoms. The van der Waals surface area contributed by atoms with Gasteiger partial charge in [0.2, 0.25) is 5.89 Å². The Labute approximate surface area is 111 Å². The van der Waals surface area contributed by atoms with Crippen LogP contribution in [-0.2, 0) is 4.74 Å². The molecule has 0 amide bonds. The number of hydrogen-bond acceptors (Lipinski definition) is 5. The minimum atomic E-state index is 0.258. The Balaban J connectivity index is 1.87. The lowest BCUT2D eigenvalue weighted by molar-refractivity contribution is 0.0919. The maximum atomic E-state index is 5.56. The standard InChI is InChI=1S/C13H16N2O2S/c1-10(2)16-8-9-18-13-15-14-12(17-13)11-6-4-3-5-7-11/h3-7,10H,8-9H2,1-2H3. The van der Waals surface area contributed by atoms with Crippen LogP contribution in [0.2, 0.25) is 0 Å². The molecule has 0 aliphatic rings. The van der Waals surface area contributed by atoms with Crippen molar-refractivity contribution in [2.75, 3.05) is 12.4 Å². The molecule has 2 rings (SSSR count). The molecule has 0 saturated heterocycles. The van der Waals surface area contributed by atoms with Gasteiger partial charge in [-0.25, -0.2) is 0 Å². The number of aromatic nitrogens is 2. The third-order valence-electron chi connectivity index (χ3n) is 2.19. The fraction of sp³-hybridized carbons (Fsp3) is 0.385. The largest absolute Gasteiger partial charge is 0.411 e. The normalized spacial score (nSPS) is 11.1. The Morgan fingerprint density at radius 2 is 2.00 bits per heavy atom. The number of benzene rings is 1. The van der Waals surface area contributed by atoms with Gasteiger partial charge in [0.05, 0.1) is 12.7 Å². The van der Waals surface area contributed by atoms with Crippen molar-refractivity contribution in [1.29, 1.82) is 0 Å². The van der Waals surface area contributed by atoms with Crippen molar-refractivity contribution in [2.45, 2.75) is 25.2 Å². The van der Waals surface area contributed by atoms with E-state index in [1.807, 2.05) is 44.2 Å². The zero-order valence-electron chi connectivity index (χ0n) is 10.5. The first-order valence-electron chi connectivity index (χ1n) is 5.89. The van der Waals surface area contributed by atoms with Crippen LogP contribution < -0.4 is 0 Å². The lowest BCUT2D eigenvalue weighted by Crippen LogP contribution is -2.05. The molecular weight excluding hydrogens is 248 g/mol. The highest BCUT2D eigenvalue weighted by atomic mass is 32.2. The van der Waals surface area contributed by atoms with E-state index in [-0.39, 0.29) is 6.10 Å². The molecule has 0 unspecified atom stereocenters. The van der Waals surface area contributed by atoms with Crippen LogP contribution in [0.3, 0.4) is 0 Å². The molecule has 0 radical (unpaired) electrons.